The second-order valence-corrected chi connectivity index (χ2v) is 8.73. The van der Waals surface area contributed by atoms with Crippen molar-refractivity contribution in [2.45, 2.75) is 66.2 Å². The minimum absolute atomic E-state index is 0.180. The zero-order chi connectivity index (χ0) is 21.7. The molecule has 0 unspecified atom stereocenters. The molecular formula is C21H33N2O5. The molecule has 0 aromatic carbocycles. The van der Waals surface area contributed by atoms with E-state index in [4.69, 9.17) is 9.47 Å². The molecule has 1 fully saturated rings. The van der Waals surface area contributed by atoms with E-state index >= 15 is 0 Å². The number of alkyl carbamates (subject to hydrolysis) is 1. The van der Waals surface area contributed by atoms with Crippen LogP contribution in [0.5, 0.6) is 0 Å². The van der Waals surface area contributed by atoms with Crippen molar-refractivity contribution >= 4 is 18.0 Å². The van der Waals surface area contributed by atoms with Crippen LogP contribution in [0.2, 0.25) is 0 Å². The van der Waals surface area contributed by atoms with E-state index in [0.717, 1.165) is 5.92 Å². The molecule has 7 heteroatoms. The van der Waals surface area contributed by atoms with Gasteiger partial charge in [-0.25, -0.2) is 9.59 Å². The third kappa shape index (κ3) is 6.67. The van der Waals surface area contributed by atoms with Gasteiger partial charge >= 0.3 is 12.1 Å². The molecule has 0 heterocycles. The Bertz CT molecular complexity index is 560. The second kappa shape index (κ2) is 9.61. The van der Waals surface area contributed by atoms with Crippen molar-refractivity contribution in [1.29, 1.82) is 0 Å². The number of methoxy groups -OCH3 is 1. The Hall–Kier alpha value is -1.79. The molecule has 1 rings (SSSR count). The van der Waals surface area contributed by atoms with Crippen molar-refractivity contribution in [2.24, 2.45) is 11.3 Å². The van der Waals surface area contributed by atoms with Crippen LogP contribution in [0.1, 0.15) is 48.5 Å². The van der Waals surface area contributed by atoms with Gasteiger partial charge in [0.05, 0.1) is 7.11 Å². The van der Waals surface area contributed by atoms with E-state index in [9.17, 15) is 14.4 Å². The van der Waals surface area contributed by atoms with Crippen molar-refractivity contribution in [1.82, 2.24) is 10.6 Å². The number of hydrogen-bond donors (Lipinski definition) is 2. The summed E-state index contributed by atoms with van der Waals surface area (Å²) in [6, 6.07) is -1.79. The monoisotopic (exact) mass is 393 g/mol. The molecule has 1 saturated carbocycles. The lowest BCUT2D eigenvalue weighted by Crippen LogP contribution is -2.59. The number of rotatable bonds is 7. The van der Waals surface area contributed by atoms with Gasteiger partial charge < -0.3 is 20.1 Å². The first-order valence-corrected chi connectivity index (χ1v) is 9.39. The highest BCUT2D eigenvalue weighted by Crippen LogP contribution is 2.42. The molecule has 7 nitrogen and oxygen atoms in total. The summed E-state index contributed by atoms with van der Waals surface area (Å²) in [5.41, 5.74) is -1.45. The highest BCUT2D eigenvalue weighted by molar-refractivity contribution is 5.91. The quantitative estimate of drug-likeness (QED) is 0.649. The topological polar surface area (TPSA) is 93.7 Å². The van der Waals surface area contributed by atoms with Crippen molar-refractivity contribution in [3.05, 3.63) is 31.6 Å². The van der Waals surface area contributed by atoms with Crippen molar-refractivity contribution in [3.8, 4) is 0 Å². The van der Waals surface area contributed by atoms with Gasteiger partial charge in [0.2, 0.25) is 5.91 Å². The number of hydrogen-bond acceptors (Lipinski definition) is 5. The predicted octanol–water partition coefficient (Wildman–Crippen LogP) is 2.62. The summed E-state index contributed by atoms with van der Waals surface area (Å²) in [6.07, 6.45) is 6.80. The Morgan fingerprint density at radius 1 is 0.964 bits per heavy atom. The average molecular weight is 394 g/mol. The van der Waals surface area contributed by atoms with Crippen LogP contribution in [0.25, 0.3) is 0 Å². The van der Waals surface area contributed by atoms with Crippen molar-refractivity contribution < 1.29 is 23.9 Å². The lowest BCUT2D eigenvalue weighted by atomic mass is 9.71. The fourth-order valence-corrected chi connectivity index (χ4v) is 2.83. The first-order valence-electron chi connectivity index (χ1n) is 9.39. The van der Waals surface area contributed by atoms with Gasteiger partial charge in [-0.3, -0.25) is 4.79 Å². The van der Waals surface area contributed by atoms with Gasteiger partial charge in [0.1, 0.15) is 17.7 Å². The zero-order valence-corrected chi connectivity index (χ0v) is 18.1. The maximum absolute atomic E-state index is 13.1. The van der Waals surface area contributed by atoms with Gasteiger partial charge in [-0.15, -0.1) is 0 Å². The van der Waals surface area contributed by atoms with Crippen LogP contribution >= 0.6 is 0 Å². The molecule has 2 amide bonds. The number of amides is 2. The highest BCUT2D eigenvalue weighted by Gasteiger charge is 2.45. The minimum atomic E-state index is -0.962. The summed E-state index contributed by atoms with van der Waals surface area (Å²) in [7, 11) is 1.27. The van der Waals surface area contributed by atoms with Crippen LogP contribution in [0.4, 0.5) is 4.79 Å². The first kappa shape index (κ1) is 24.2. The van der Waals surface area contributed by atoms with Crippen LogP contribution in [0, 0.1) is 42.9 Å². The molecule has 28 heavy (non-hydrogen) atoms. The Labute approximate surface area is 169 Å². The lowest BCUT2D eigenvalue weighted by molar-refractivity contribution is -0.147. The number of carbonyl (C=O) groups is 3. The third-order valence-electron chi connectivity index (χ3n) is 4.47. The van der Waals surface area contributed by atoms with Gasteiger partial charge in [0.25, 0.3) is 0 Å². The summed E-state index contributed by atoms with van der Waals surface area (Å²) in [5, 5.41) is 5.40. The first-order chi connectivity index (χ1) is 12.8. The predicted molar refractivity (Wildman–Crippen MR) is 106 cm³/mol. The molecule has 0 bridgehead atoms. The fourth-order valence-electron chi connectivity index (χ4n) is 2.83. The number of carbonyl (C=O) groups excluding carboxylic acids is 3. The second-order valence-electron chi connectivity index (χ2n) is 8.73. The summed E-state index contributed by atoms with van der Waals surface area (Å²) >= 11 is 0. The van der Waals surface area contributed by atoms with Crippen LogP contribution < -0.4 is 10.6 Å². The molecule has 157 valence electrons. The molecule has 1 aliphatic rings. The van der Waals surface area contributed by atoms with E-state index in [1.807, 2.05) is 39.5 Å². The molecular weight excluding hydrogens is 360 g/mol. The molecule has 0 saturated heterocycles. The molecule has 1 aliphatic carbocycles. The summed E-state index contributed by atoms with van der Waals surface area (Å²) in [6.45, 7) is 12.6. The van der Waals surface area contributed by atoms with E-state index in [-0.39, 0.29) is 5.92 Å². The standard InChI is InChI=1S/C21H33N2O5/c1-13(2)15(18(25)27-8)22-17(24)16(23-19(26)28-20(3,4)5)21(6,7)14-11-9-10-12-14/h9-13,15-16H,1-8H3,(H,22,24)(H,23,26)/t15-,16-/m0/s1. The number of nitrogens with one attached hydrogen (secondary N) is 2. The van der Waals surface area contributed by atoms with Crippen LogP contribution in [-0.2, 0) is 19.1 Å². The van der Waals surface area contributed by atoms with E-state index in [2.05, 4.69) is 10.6 Å². The SMILES string of the molecule is COC(=O)[C@@H](NC(=O)[C@H](NC(=O)OC(C)(C)C)C(C)(C)[C]1[CH][CH][CH][CH]1)C(C)C. The molecule has 0 aliphatic heterocycles. The molecule has 0 spiro atoms. The lowest BCUT2D eigenvalue weighted by Gasteiger charge is -2.39. The highest BCUT2D eigenvalue weighted by atomic mass is 16.6. The maximum atomic E-state index is 13.1. The zero-order valence-electron chi connectivity index (χ0n) is 18.1. The van der Waals surface area contributed by atoms with Gasteiger partial charge in [0, 0.05) is 5.41 Å². The largest absolute Gasteiger partial charge is 0.467 e. The van der Waals surface area contributed by atoms with Gasteiger partial charge in [-0.05, 0) is 58.3 Å². The molecule has 5 radical (unpaired) electrons. The molecule has 0 aromatic heterocycles. The fraction of sp³-hybridized carbons (Fsp3) is 0.619. The molecule has 2 atom stereocenters. The maximum Gasteiger partial charge on any atom is 0.408 e. The normalized spacial score (nSPS) is 17.8. The van der Waals surface area contributed by atoms with E-state index in [1.54, 1.807) is 34.6 Å². The molecule has 2 N–H and O–H groups in total. The average Bonchev–Trinajstić information content (AvgIpc) is 3.10. The number of esters is 1. The third-order valence-corrected chi connectivity index (χ3v) is 4.47. The van der Waals surface area contributed by atoms with E-state index in [1.165, 1.54) is 7.11 Å². The minimum Gasteiger partial charge on any atom is -0.467 e. The van der Waals surface area contributed by atoms with Crippen LogP contribution in [0.3, 0.4) is 0 Å². The van der Waals surface area contributed by atoms with Crippen LogP contribution in [0.15, 0.2) is 0 Å². The molecule has 0 aromatic rings. The van der Waals surface area contributed by atoms with Gasteiger partial charge in [0.15, 0.2) is 0 Å². The smallest absolute Gasteiger partial charge is 0.408 e. The Balaban J connectivity index is 3.09. The number of ether oxygens (including phenoxy) is 2. The van der Waals surface area contributed by atoms with Crippen LogP contribution in [-0.4, -0.2) is 42.8 Å². The van der Waals surface area contributed by atoms with Gasteiger partial charge in [-0.1, -0.05) is 27.7 Å². The summed E-state index contributed by atoms with van der Waals surface area (Å²) in [5.74, 6) is -0.324. The van der Waals surface area contributed by atoms with Crippen molar-refractivity contribution in [3.63, 3.8) is 0 Å². The van der Waals surface area contributed by atoms with E-state index < -0.39 is 41.1 Å². The summed E-state index contributed by atoms with van der Waals surface area (Å²) in [4.78, 5) is 37.6. The summed E-state index contributed by atoms with van der Waals surface area (Å²) < 4.78 is 10.1. The Morgan fingerprint density at radius 2 is 1.50 bits per heavy atom. The van der Waals surface area contributed by atoms with Crippen molar-refractivity contribution in [2.75, 3.05) is 7.11 Å². The Kier molecular flexibility index (Phi) is 8.32. The van der Waals surface area contributed by atoms with Gasteiger partial charge in [-0.2, -0.15) is 0 Å². The van der Waals surface area contributed by atoms with E-state index in [0.29, 0.717) is 0 Å². The Morgan fingerprint density at radius 3 is 1.93 bits per heavy atom.